The Labute approximate surface area is 198 Å². The third-order valence-corrected chi connectivity index (χ3v) is 5.42. The van der Waals surface area contributed by atoms with Crippen molar-refractivity contribution in [2.45, 2.75) is 32.1 Å². The summed E-state index contributed by atoms with van der Waals surface area (Å²) >= 11 is 0. The first-order valence-electron chi connectivity index (χ1n) is 10.6. The van der Waals surface area contributed by atoms with Crippen molar-refractivity contribution in [3.05, 3.63) is 70.8 Å². The molecule has 0 saturated heterocycles. The Morgan fingerprint density at radius 3 is 2.03 bits per heavy atom. The second-order valence-electron chi connectivity index (χ2n) is 7.78. The standard InChI is InChI=1S/C25H29N3O6/c1-17(15-29)34-16-20-9-7-18(8-10-20)5-6-19-11-13-21(14-12-19)22(30)28(4)25(2,23(31)26-3)24(32)27-33/h7-14,17,29,33H,15-16H2,1-4H3,(H,26,31)(H,27,32)/t17-,25+/m1/s1. The molecule has 2 atom stereocenters. The number of nitrogens with zero attached hydrogens (tertiary/aromatic N) is 1. The number of benzene rings is 2. The fourth-order valence-electron chi connectivity index (χ4n) is 2.97. The van der Waals surface area contributed by atoms with Gasteiger partial charge in [0, 0.05) is 30.8 Å². The molecule has 0 spiro atoms. The molecule has 0 bridgehead atoms. The molecule has 0 saturated carbocycles. The summed E-state index contributed by atoms with van der Waals surface area (Å²) in [6, 6.07) is 14.0. The van der Waals surface area contributed by atoms with Crippen LogP contribution in [0.4, 0.5) is 0 Å². The Kier molecular flexibility index (Phi) is 9.33. The molecule has 180 valence electrons. The van der Waals surface area contributed by atoms with Crippen molar-refractivity contribution in [3.8, 4) is 11.8 Å². The second kappa shape index (κ2) is 12.0. The van der Waals surface area contributed by atoms with Crippen LogP contribution in [0.5, 0.6) is 0 Å². The topological polar surface area (TPSA) is 128 Å². The molecular formula is C25H29N3O6. The minimum Gasteiger partial charge on any atom is -0.394 e. The molecule has 0 aliphatic carbocycles. The van der Waals surface area contributed by atoms with Crippen molar-refractivity contribution < 1.29 is 29.4 Å². The van der Waals surface area contributed by atoms with E-state index in [0.717, 1.165) is 16.0 Å². The molecule has 9 nitrogen and oxygen atoms in total. The van der Waals surface area contributed by atoms with Gasteiger partial charge in [0.15, 0.2) is 5.54 Å². The summed E-state index contributed by atoms with van der Waals surface area (Å²) in [5.41, 5.74) is 2.17. The molecule has 2 rings (SSSR count). The Hall–Kier alpha value is -3.71. The number of ether oxygens (including phenoxy) is 1. The zero-order valence-electron chi connectivity index (χ0n) is 19.6. The lowest BCUT2D eigenvalue weighted by Gasteiger charge is -2.34. The summed E-state index contributed by atoms with van der Waals surface area (Å²) in [7, 11) is 2.63. The Bertz CT molecular complexity index is 1050. The summed E-state index contributed by atoms with van der Waals surface area (Å²) in [6.45, 7) is 3.40. The highest BCUT2D eigenvalue weighted by Crippen LogP contribution is 2.18. The van der Waals surface area contributed by atoms with E-state index in [1.54, 1.807) is 31.2 Å². The summed E-state index contributed by atoms with van der Waals surface area (Å²) in [5.74, 6) is 3.70. The van der Waals surface area contributed by atoms with E-state index in [4.69, 9.17) is 15.1 Å². The van der Waals surface area contributed by atoms with Gasteiger partial charge in [-0.2, -0.15) is 0 Å². The molecular weight excluding hydrogens is 438 g/mol. The number of carbonyl (C=O) groups is 3. The fraction of sp³-hybridized carbons (Fsp3) is 0.320. The molecule has 0 unspecified atom stereocenters. The van der Waals surface area contributed by atoms with Crippen LogP contribution in [-0.4, -0.2) is 65.3 Å². The van der Waals surface area contributed by atoms with Crippen LogP contribution in [0.1, 0.15) is 40.9 Å². The number of likely N-dealkylation sites (N-methyl/N-ethyl adjacent to an activating group) is 2. The summed E-state index contributed by atoms with van der Waals surface area (Å²) in [4.78, 5) is 38.3. The Balaban J connectivity index is 2.12. The maximum atomic E-state index is 12.9. The molecule has 0 aromatic heterocycles. The third kappa shape index (κ3) is 6.20. The number of rotatable bonds is 8. The smallest absolute Gasteiger partial charge is 0.278 e. The minimum absolute atomic E-state index is 0.0321. The molecule has 34 heavy (non-hydrogen) atoms. The molecule has 0 fully saturated rings. The zero-order valence-corrected chi connectivity index (χ0v) is 19.6. The molecule has 2 aromatic rings. The molecule has 4 N–H and O–H groups in total. The number of hydrogen-bond acceptors (Lipinski definition) is 6. The van der Waals surface area contributed by atoms with Crippen LogP contribution in [0.3, 0.4) is 0 Å². The van der Waals surface area contributed by atoms with Gasteiger partial charge in [-0.1, -0.05) is 24.0 Å². The largest absolute Gasteiger partial charge is 0.394 e. The third-order valence-electron chi connectivity index (χ3n) is 5.42. The van der Waals surface area contributed by atoms with Crippen molar-refractivity contribution in [2.75, 3.05) is 20.7 Å². The van der Waals surface area contributed by atoms with Crippen molar-refractivity contribution in [2.24, 2.45) is 0 Å². The zero-order chi connectivity index (χ0) is 25.3. The van der Waals surface area contributed by atoms with E-state index < -0.39 is 23.3 Å². The lowest BCUT2D eigenvalue weighted by atomic mass is 9.96. The molecule has 0 radical (unpaired) electrons. The van der Waals surface area contributed by atoms with Gasteiger partial charge in [0.2, 0.25) is 0 Å². The highest BCUT2D eigenvalue weighted by atomic mass is 16.5. The van der Waals surface area contributed by atoms with Crippen molar-refractivity contribution in [3.63, 3.8) is 0 Å². The predicted molar refractivity (Wildman–Crippen MR) is 125 cm³/mol. The monoisotopic (exact) mass is 467 g/mol. The SMILES string of the molecule is CNC(=O)[C@@](C)(C(=O)NO)N(C)C(=O)c1ccc(C#Cc2ccc(CO[C@H](C)CO)cc2)cc1. The number of hydrogen-bond donors (Lipinski definition) is 4. The number of carbonyl (C=O) groups excluding carboxylic acids is 3. The molecule has 2 aromatic carbocycles. The van der Waals surface area contributed by atoms with E-state index in [-0.39, 0.29) is 18.3 Å². The van der Waals surface area contributed by atoms with Gasteiger partial charge in [-0.25, -0.2) is 5.48 Å². The molecule has 9 heteroatoms. The first kappa shape index (κ1) is 26.5. The second-order valence-corrected chi connectivity index (χ2v) is 7.78. The van der Waals surface area contributed by atoms with Gasteiger partial charge in [0.1, 0.15) is 0 Å². The number of amides is 3. The van der Waals surface area contributed by atoms with E-state index in [1.807, 2.05) is 24.3 Å². The molecule has 0 aliphatic heterocycles. The first-order chi connectivity index (χ1) is 16.2. The number of nitrogens with one attached hydrogen (secondary N) is 2. The quantitative estimate of drug-likeness (QED) is 0.199. The van der Waals surface area contributed by atoms with E-state index in [1.165, 1.54) is 26.5 Å². The average Bonchev–Trinajstić information content (AvgIpc) is 2.88. The maximum absolute atomic E-state index is 12.9. The van der Waals surface area contributed by atoms with E-state index >= 15 is 0 Å². The van der Waals surface area contributed by atoms with E-state index in [2.05, 4.69) is 17.2 Å². The van der Waals surface area contributed by atoms with Gasteiger partial charge in [0.25, 0.3) is 17.7 Å². The summed E-state index contributed by atoms with van der Waals surface area (Å²) < 4.78 is 5.48. The number of aliphatic hydroxyl groups excluding tert-OH is 1. The highest BCUT2D eigenvalue weighted by Gasteiger charge is 2.47. The van der Waals surface area contributed by atoms with Gasteiger partial charge >= 0.3 is 0 Å². The average molecular weight is 468 g/mol. The van der Waals surface area contributed by atoms with Crippen LogP contribution in [0, 0.1) is 11.8 Å². The number of hydroxylamine groups is 1. The van der Waals surface area contributed by atoms with Crippen molar-refractivity contribution in [1.82, 2.24) is 15.7 Å². The van der Waals surface area contributed by atoms with Gasteiger partial charge in [-0.05, 0) is 55.8 Å². The Morgan fingerprint density at radius 2 is 1.56 bits per heavy atom. The van der Waals surface area contributed by atoms with Gasteiger partial charge in [-0.3, -0.25) is 19.6 Å². The lowest BCUT2D eigenvalue weighted by molar-refractivity contribution is -0.148. The molecule has 3 amide bonds. The molecule has 0 heterocycles. The highest BCUT2D eigenvalue weighted by molar-refractivity contribution is 6.12. The van der Waals surface area contributed by atoms with Crippen LogP contribution in [0.25, 0.3) is 0 Å². The van der Waals surface area contributed by atoms with Crippen LogP contribution in [0.15, 0.2) is 48.5 Å². The lowest BCUT2D eigenvalue weighted by Crippen LogP contribution is -2.64. The van der Waals surface area contributed by atoms with Gasteiger partial charge in [-0.15, -0.1) is 0 Å². The first-order valence-corrected chi connectivity index (χ1v) is 10.6. The summed E-state index contributed by atoms with van der Waals surface area (Å²) in [6.07, 6.45) is -0.224. The van der Waals surface area contributed by atoms with Crippen LogP contribution in [-0.2, 0) is 20.9 Å². The van der Waals surface area contributed by atoms with Crippen molar-refractivity contribution >= 4 is 17.7 Å². The fourth-order valence-corrected chi connectivity index (χ4v) is 2.97. The van der Waals surface area contributed by atoms with Crippen LogP contribution in [0.2, 0.25) is 0 Å². The number of aliphatic hydroxyl groups is 1. The van der Waals surface area contributed by atoms with Crippen LogP contribution < -0.4 is 10.8 Å². The van der Waals surface area contributed by atoms with Gasteiger partial charge < -0.3 is 20.1 Å². The minimum atomic E-state index is -1.95. The predicted octanol–water partition coefficient (Wildman–Crippen LogP) is 1.07. The van der Waals surface area contributed by atoms with Gasteiger partial charge in [0.05, 0.1) is 19.3 Å². The van der Waals surface area contributed by atoms with Crippen molar-refractivity contribution in [1.29, 1.82) is 0 Å². The molecule has 0 aliphatic rings. The van der Waals surface area contributed by atoms with E-state index in [0.29, 0.717) is 12.2 Å². The van der Waals surface area contributed by atoms with Crippen LogP contribution >= 0.6 is 0 Å². The maximum Gasteiger partial charge on any atom is 0.278 e. The van der Waals surface area contributed by atoms with E-state index in [9.17, 15) is 14.4 Å². The normalized spacial score (nSPS) is 13.0. The summed E-state index contributed by atoms with van der Waals surface area (Å²) in [5, 5.41) is 20.4. The Morgan fingerprint density at radius 1 is 1.03 bits per heavy atom.